The minimum absolute atomic E-state index is 0.0474. The van der Waals surface area contributed by atoms with Crippen LogP contribution in [0, 0.1) is 6.92 Å². The van der Waals surface area contributed by atoms with Gasteiger partial charge in [0.05, 0.1) is 12.6 Å². The smallest absolute Gasteiger partial charge is 0.251 e. The minimum Gasteiger partial charge on any atom is -0.497 e. The van der Waals surface area contributed by atoms with E-state index in [2.05, 4.69) is 29.3 Å². The molecule has 0 saturated carbocycles. The van der Waals surface area contributed by atoms with E-state index in [1.807, 2.05) is 35.8 Å². The van der Waals surface area contributed by atoms with Gasteiger partial charge in [0.1, 0.15) is 19.0 Å². The summed E-state index contributed by atoms with van der Waals surface area (Å²) in [5.74, 6) is 2.44. The summed E-state index contributed by atoms with van der Waals surface area (Å²) in [4.78, 5) is 15.3. The van der Waals surface area contributed by atoms with Crippen molar-refractivity contribution in [2.24, 2.45) is 0 Å². The molecule has 7 nitrogen and oxygen atoms in total. The van der Waals surface area contributed by atoms with Crippen LogP contribution in [-0.2, 0) is 13.1 Å². The van der Waals surface area contributed by atoms with E-state index >= 15 is 0 Å². The Hall–Kier alpha value is -3.03. The lowest BCUT2D eigenvalue weighted by molar-refractivity contribution is 0.141. The van der Waals surface area contributed by atoms with Gasteiger partial charge in [0, 0.05) is 42.7 Å². The molecule has 0 aliphatic carbocycles. The number of likely N-dealkylation sites (tertiary alicyclic amines) is 1. The van der Waals surface area contributed by atoms with E-state index in [1.165, 1.54) is 5.56 Å². The van der Waals surface area contributed by atoms with Crippen LogP contribution in [0.25, 0.3) is 10.9 Å². The molecule has 0 bridgehead atoms. The number of rotatable bonds is 7. The van der Waals surface area contributed by atoms with Gasteiger partial charge in [-0.05, 0) is 75.2 Å². The molecular formula is C28H35N3O4. The number of aromatic nitrogens is 1. The molecule has 3 aromatic rings. The van der Waals surface area contributed by atoms with Crippen LogP contribution in [0.3, 0.4) is 0 Å². The zero-order valence-electron chi connectivity index (χ0n) is 20.9. The van der Waals surface area contributed by atoms with Crippen molar-refractivity contribution < 1.29 is 14.2 Å². The van der Waals surface area contributed by atoms with Gasteiger partial charge in [0.25, 0.3) is 5.56 Å². The molecule has 0 radical (unpaired) electrons. The Morgan fingerprint density at radius 2 is 1.77 bits per heavy atom. The summed E-state index contributed by atoms with van der Waals surface area (Å²) >= 11 is 0. The highest BCUT2D eigenvalue weighted by Gasteiger charge is 2.29. The van der Waals surface area contributed by atoms with Gasteiger partial charge in [-0.15, -0.1) is 0 Å². The third-order valence-electron chi connectivity index (χ3n) is 7.45. The Morgan fingerprint density at radius 1 is 1.00 bits per heavy atom. The Morgan fingerprint density at radius 3 is 2.54 bits per heavy atom. The third-order valence-corrected chi connectivity index (χ3v) is 7.45. The van der Waals surface area contributed by atoms with E-state index < -0.39 is 0 Å². The largest absolute Gasteiger partial charge is 0.497 e. The molecule has 0 atom stereocenters. The molecule has 0 unspecified atom stereocenters. The van der Waals surface area contributed by atoms with E-state index in [4.69, 9.17) is 14.2 Å². The zero-order valence-corrected chi connectivity index (χ0v) is 20.9. The number of ether oxygens (including phenoxy) is 3. The van der Waals surface area contributed by atoms with E-state index in [0.717, 1.165) is 72.7 Å². The maximum Gasteiger partial charge on any atom is 0.251 e. The van der Waals surface area contributed by atoms with Gasteiger partial charge in [-0.25, -0.2) is 0 Å². The monoisotopic (exact) mass is 477 g/mol. The number of nitrogens with one attached hydrogen (secondary N) is 1. The number of benzene rings is 2. The summed E-state index contributed by atoms with van der Waals surface area (Å²) in [5, 5.41) is 4.87. The van der Waals surface area contributed by atoms with Crippen molar-refractivity contribution in [2.45, 2.75) is 45.3 Å². The molecule has 35 heavy (non-hydrogen) atoms. The minimum atomic E-state index is 0.0474. The number of aryl methyl sites for hydroxylation is 1. The number of nitrogens with zero attached hydrogens (tertiary/aromatic N) is 2. The van der Waals surface area contributed by atoms with Crippen molar-refractivity contribution in [1.82, 2.24) is 14.8 Å². The first kappa shape index (κ1) is 23.7. The number of pyridine rings is 1. The lowest BCUT2D eigenvalue weighted by Crippen LogP contribution is -2.51. The van der Waals surface area contributed by atoms with Gasteiger partial charge in [0.15, 0.2) is 11.5 Å². The standard InChI is InChI=1S/C28H35N3O4/c1-20-16-27(32)31(24-18-22(33-3)5-6-23(20)24)13-12-30-10-8-28(2,9-11-30)29-19-21-4-7-25-26(17-21)35-15-14-34-25/h4-7,16-18,29H,8-15,19H2,1-3H3. The number of hydrogen-bond acceptors (Lipinski definition) is 6. The van der Waals surface area contributed by atoms with Crippen molar-refractivity contribution in [2.75, 3.05) is 40.0 Å². The molecule has 1 N–H and O–H groups in total. The normalized spacial score (nSPS) is 17.5. The predicted molar refractivity (Wildman–Crippen MR) is 138 cm³/mol. The Kier molecular flexibility index (Phi) is 6.71. The average Bonchev–Trinajstić information content (AvgIpc) is 2.88. The van der Waals surface area contributed by atoms with Crippen LogP contribution >= 0.6 is 0 Å². The average molecular weight is 478 g/mol. The third kappa shape index (κ3) is 5.16. The fourth-order valence-electron chi connectivity index (χ4n) is 5.09. The van der Waals surface area contributed by atoms with Crippen molar-refractivity contribution in [3.8, 4) is 17.2 Å². The number of piperidine rings is 1. The lowest BCUT2D eigenvalue weighted by atomic mass is 9.89. The van der Waals surface area contributed by atoms with Gasteiger partial charge in [0.2, 0.25) is 0 Å². The predicted octanol–water partition coefficient (Wildman–Crippen LogP) is 3.73. The molecule has 186 valence electrons. The Labute approximate surface area is 206 Å². The summed E-state index contributed by atoms with van der Waals surface area (Å²) < 4.78 is 18.7. The number of methoxy groups -OCH3 is 1. The molecule has 0 amide bonds. The van der Waals surface area contributed by atoms with Crippen LogP contribution in [0.15, 0.2) is 47.3 Å². The first-order chi connectivity index (χ1) is 16.9. The summed E-state index contributed by atoms with van der Waals surface area (Å²) in [5.41, 5.74) is 3.29. The molecule has 1 fully saturated rings. The second-order valence-corrected chi connectivity index (χ2v) is 9.93. The second kappa shape index (κ2) is 9.91. The quantitative estimate of drug-likeness (QED) is 0.559. The topological polar surface area (TPSA) is 65.0 Å². The molecule has 1 saturated heterocycles. The number of hydrogen-bond donors (Lipinski definition) is 1. The van der Waals surface area contributed by atoms with Gasteiger partial charge >= 0.3 is 0 Å². The van der Waals surface area contributed by atoms with Gasteiger partial charge in [-0.3, -0.25) is 4.79 Å². The molecule has 2 aliphatic heterocycles. The SMILES string of the molecule is COc1ccc2c(C)cc(=O)n(CCN3CCC(C)(NCc4ccc5c(c4)OCCO5)CC3)c2c1. The van der Waals surface area contributed by atoms with Crippen LogP contribution in [0.2, 0.25) is 0 Å². The van der Waals surface area contributed by atoms with Crippen molar-refractivity contribution in [1.29, 1.82) is 0 Å². The summed E-state index contributed by atoms with van der Waals surface area (Å²) in [6, 6.07) is 13.9. The van der Waals surface area contributed by atoms with Crippen molar-refractivity contribution in [3.05, 3.63) is 63.9 Å². The molecule has 2 aromatic carbocycles. The highest BCUT2D eigenvalue weighted by atomic mass is 16.6. The van der Waals surface area contributed by atoms with E-state index in [0.29, 0.717) is 19.8 Å². The lowest BCUT2D eigenvalue weighted by Gasteiger charge is -2.40. The van der Waals surface area contributed by atoms with Gasteiger partial charge in [-0.1, -0.05) is 6.07 Å². The van der Waals surface area contributed by atoms with Gasteiger partial charge < -0.3 is 29.0 Å². The van der Waals surface area contributed by atoms with Crippen LogP contribution in [0.5, 0.6) is 17.2 Å². The number of fused-ring (bicyclic) bond motifs is 2. The summed E-state index contributed by atoms with van der Waals surface area (Å²) in [7, 11) is 1.66. The van der Waals surface area contributed by atoms with Crippen molar-refractivity contribution >= 4 is 10.9 Å². The van der Waals surface area contributed by atoms with Crippen LogP contribution in [-0.4, -0.2) is 55.0 Å². The highest BCUT2D eigenvalue weighted by Crippen LogP contribution is 2.31. The summed E-state index contributed by atoms with van der Waals surface area (Å²) in [6.07, 6.45) is 2.13. The fraction of sp³-hybridized carbons (Fsp3) is 0.464. The zero-order chi connectivity index (χ0) is 24.4. The Bertz CT molecular complexity index is 1260. The molecule has 2 aliphatic rings. The van der Waals surface area contributed by atoms with Crippen LogP contribution in [0.1, 0.15) is 30.9 Å². The highest BCUT2D eigenvalue weighted by molar-refractivity contribution is 5.83. The molecule has 1 aromatic heterocycles. The summed E-state index contributed by atoms with van der Waals surface area (Å²) in [6.45, 7) is 9.87. The first-order valence-corrected chi connectivity index (χ1v) is 12.5. The van der Waals surface area contributed by atoms with E-state index in [-0.39, 0.29) is 11.1 Å². The first-order valence-electron chi connectivity index (χ1n) is 12.5. The molecule has 5 rings (SSSR count). The fourth-order valence-corrected chi connectivity index (χ4v) is 5.09. The molecule has 3 heterocycles. The maximum atomic E-state index is 12.8. The van der Waals surface area contributed by atoms with Crippen LogP contribution < -0.4 is 25.1 Å². The van der Waals surface area contributed by atoms with E-state index in [1.54, 1.807) is 13.2 Å². The Balaban J connectivity index is 1.18. The molecular weight excluding hydrogens is 442 g/mol. The van der Waals surface area contributed by atoms with Crippen molar-refractivity contribution in [3.63, 3.8) is 0 Å². The molecule has 7 heteroatoms. The van der Waals surface area contributed by atoms with Gasteiger partial charge in [-0.2, -0.15) is 0 Å². The van der Waals surface area contributed by atoms with E-state index in [9.17, 15) is 4.79 Å². The van der Waals surface area contributed by atoms with Crippen LogP contribution in [0.4, 0.5) is 0 Å². The second-order valence-electron chi connectivity index (χ2n) is 9.93. The maximum absolute atomic E-state index is 12.8. The molecule has 0 spiro atoms.